The summed E-state index contributed by atoms with van der Waals surface area (Å²) in [6.07, 6.45) is 10.8. The Morgan fingerprint density at radius 3 is 2.12 bits per heavy atom. The Bertz CT molecular complexity index is 1320. The number of rotatable bonds is 8. The van der Waals surface area contributed by atoms with Gasteiger partial charge < -0.3 is 4.90 Å². The van der Waals surface area contributed by atoms with Crippen LogP contribution in [0, 0.1) is 17.9 Å². The molecule has 0 amide bonds. The second-order valence-electron chi connectivity index (χ2n) is 13.4. The summed E-state index contributed by atoms with van der Waals surface area (Å²) in [4.78, 5) is 2.67. The summed E-state index contributed by atoms with van der Waals surface area (Å²) in [6, 6.07) is 23.4. The van der Waals surface area contributed by atoms with E-state index in [4.69, 9.17) is 14.4 Å². The predicted molar refractivity (Wildman–Crippen MR) is 184 cm³/mol. The van der Waals surface area contributed by atoms with E-state index in [1.165, 1.54) is 60.9 Å². The Labute approximate surface area is 273 Å². The molecule has 0 bridgehead atoms. The van der Waals surface area contributed by atoms with Gasteiger partial charge in [0.05, 0.1) is 0 Å². The Morgan fingerprint density at radius 2 is 1.53 bits per heavy atom. The molecular formula is C39H52ClNORu-. The van der Waals surface area contributed by atoms with Gasteiger partial charge in [-0.25, -0.2) is 6.54 Å². The summed E-state index contributed by atoms with van der Waals surface area (Å²) >= 11 is -0.264. The largest absolute Gasteiger partial charge is 0.517 e. The molecule has 0 radical (unpaired) electrons. The van der Waals surface area contributed by atoms with E-state index in [1.807, 2.05) is 32.0 Å². The number of benzene rings is 3. The molecule has 0 N–H and O–H groups in total. The molecule has 2 aliphatic rings. The van der Waals surface area contributed by atoms with Crippen LogP contribution >= 0.6 is 9.69 Å². The quantitative estimate of drug-likeness (QED) is 0.173. The molecule has 4 heteroatoms. The summed E-state index contributed by atoms with van der Waals surface area (Å²) in [5.41, 5.74) is 8.46. The summed E-state index contributed by atoms with van der Waals surface area (Å²) in [6.45, 7) is 18.7. The number of hydrogen-bond acceptors (Lipinski definition) is 2. The molecule has 1 aliphatic heterocycles. The molecule has 0 aromatic heterocycles. The number of hydrogen-bond donors (Lipinski definition) is 0. The molecule has 1 aliphatic carbocycles. The van der Waals surface area contributed by atoms with Crippen LogP contribution in [-0.2, 0) is 28.5 Å². The van der Waals surface area contributed by atoms with E-state index in [2.05, 4.69) is 99.2 Å². The minimum absolute atomic E-state index is 0.142. The Kier molecular flexibility index (Phi) is 12.1. The molecule has 1 unspecified atom stereocenters. The van der Waals surface area contributed by atoms with Crippen molar-refractivity contribution in [2.24, 2.45) is 11.3 Å². The van der Waals surface area contributed by atoms with Crippen molar-refractivity contribution in [1.82, 2.24) is 0 Å². The molecule has 1 saturated heterocycles. The number of aryl methyl sites for hydroxylation is 2. The first-order valence-electron chi connectivity index (χ1n) is 16.3. The topological polar surface area (TPSA) is 12.5 Å². The maximum Gasteiger partial charge on any atom is 0.0140 e. The zero-order chi connectivity index (χ0) is 31.0. The fourth-order valence-electron chi connectivity index (χ4n) is 7.33. The minimum Gasteiger partial charge on any atom is -0.517 e. The normalized spacial score (nSPS) is 20.5. The molecule has 43 heavy (non-hydrogen) atoms. The second-order valence-corrected chi connectivity index (χ2v) is 15.2. The monoisotopic (exact) mass is 687 g/mol. The van der Waals surface area contributed by atoms with Gasteiger partial charge in [-0.1, -0.05) is 83.4 Å². The molecule has 1 atom stereocenters. The predicted octanol–water partition coefficient (Wildman–Crippen LogP) is 11.1. The first-order valence-corrected chi connectivity index (χ1v) is 19.5. The van der Waals surface area contributed by atoms with Gasteiger partial charge in [0.25, 0.3) is 0 Å². The molecule has 5 rings (SSSR count). The number of para-hydroxylation sites is 2. The van der Waals surface area contributed by atoms with Gasteiger partial charge in [-0.15, -0.1) is 5.41 Å². The molecular weight excluding hydrogens is 635 g/mol. The third-order valence-electron chi connectivity index (χ3n) is 9.27. The van der Waals surface area contributed by atoms with Gasteiger partial charge in [0.15, 0.2) is 0 Å². The molecule has 3 aromatic carbocycles. The molecule has 0 spiro atoms. The fraction of sp³-hybridized carbons (Fsp3) is 0.487. The van der Waals surface area contributed by atoms with Gasteiger partial charge in [0.2, 0.25) is 0 Å². The Hall–Kier alpha value is -1.96. The molecule has 1 heterocycles. The standard InChI is InChI=1S/C23H36N.C16H16O.ClH.Ru/c1-6-18-12-11-13-19(7-2)21(18)24-17-23(5,16-22(24,3)4)20-14-9-8-10-15-20;1-12(2)17-16-13(3)8-7-11-15(16)14-9-5-4-6-10-14;;/h11-13,17,20H,6-10,14-16H2,1-5H3;3-12H,1-2H3;1H;/q-1;;;+1/p-1. The van der Waals surface area contributed by atoms with E-state index < -0.39 is 0 Å². The van der Waals surface area contributed by atoms with E-state index in [-0.39, 0.29) is 27.3 Å². The van der Waals surface area contributed by atoms with E-state index in [0.717, 1.165) is 35.6 Å². The van der Waals surface area contributed by atoms with Crippen molar-refractivity contribution >= 4 is 20.0 Å². The molecule has 1 saturated carbocycles. The second kappa shape index (κ2) is 15.4. The van der Waals surface area contributed by atoms with Crippen molar-refractivity contribution in [3.8, 4) is 16.9 Å². The van der Waals surface area contributed by atoms with E-state index in [9.17, 15) is 0 Å². The van der Waals surface area contributed by atoms with Crippen LogP contribution in [0.1, 0.15) is 104 Å². The zero-order valence-electron chi connectivity index (χ0n) is 27.4. The smallest absolute Gasteiger partial charge is 0.0140 e. The van der Waals surface area contributed by atoms with Crippen molar-refractivity contribution in [3.05, 3.63) is 90.0 Å². The fourth-order valence-corrected chi connectivity index (χ4v) is 8.42. The van der Waals surface area contributed by atoms with Gasteiger partial charge in [-0.05, 0) is 37.8 Å². The van der Waals surface area contributed by atoms with Gasteiger partial charge in [0.1, 0.15) is 0 Å². The van der Waals surface area contributed by atoms with E-state index in [1.54, 1.807) is 0 Å². The van der Waals surface area contributed by atoms with Gasteiger partial charge in [-0.2, -0.15) is 0 Å². The third-order valence-corrected chi connectivity index (χ3v) is 10.5. The van der Waals surface area contributed by atoms with Crippen LogP contribution in [0.3, 0.4) is 0 Å². The van der Waals surface area contributed by atoms with Crippen molar-refractivity contribution < 1.29 is 20.4 Å². The van der Waals surface area contributed by atoms with Crippen LogP contribution < -0.4 is 9.64 Å². The molecule has 2 nitrogen and oxygen atoms in total. The number of nitrogens with zero attached hydrogens (tertiary/aromatic N) is 1. The first kappa shape index (κ1) is 33.9. The van der Waals surface area contributed by atoms with Gasteiger partial charge >= 0.3 is 126 Å². The van der Waals surface area contributed by atoms with Crippen LogP contribution in [0.15, 0.2) is 66.7 Å². The molecule has 235 valence electrons. The van der Waals surface area contributed by atoms with Crippen LogP contribution in [0.25, 0.3) is 11.1 Å². The summed E-state index contributed by atoms with van der Waals surface area (Å²) in [5.74, 6) is 1.80. The SMILES string of the molecule is CC(C)Oc1c([CH]=[Ru][Cl])cccc1-c1ccccc1.CCc1cccc(CC)c1N1[CH-]C(C)(C2CCCCC2)CC1(C)C. The molecule has 3 aromatic rings. The third kappa shape index (κ3) is 8.21. The van der Waals surface area contributed by atoms with Crippen molar-refractivity contribution in [2.45, 2.75) is 111 Å². The van der Waals surface area contributed by atoms with Crippen molar-refractivity contribution in [3.63, 3.8) is 0 Å². The number of ether oxygens (including phenoxy) is 1. The van der Waals surface area contributed by atoms with Crippen LogP contribution in [0.5, 0.6) is 5.75 Å². The number of halogens is 1. The van der Waals surface area contributed by atoms with Crippen LogP contribution in [0.4, 0.5) is 5.69 Å². The van der Waals surface area contributed by atoms with Crippen molar-refractivity contribution in [2.75, 3.05) is 4.90 Å². The zero-order valence-corrected chi connectivity index (χ0v) is 29.9. The minimum atomic E-state index is -0.264. The Morgan fingerprint density at radius 1 is 0.907 bits per heavy atom. The maximum absolute atomic E-state index is 6.01. The Balaban J connectivity index is 0.000000203. The summed E-state index contributed by atoms with van der Waals surface area (Å²) < 4.78 is 8.08. The number of anilines is 1. The van der Waals surface area contributed by atoms with Crippen LogP contribution in [-0.4, -0.2) is 16.3 Å². The summed E-state index contributed by atoms with van der Waals surface area (Å²) in [7, 11) is 5.92. The van der Waals surface area contributed by atoms with E-state index >= 15 is 0 Å². The van der Waals surface area contributed by atoms with Gasteiger partial charge in [0, 0.05) is 11.2 Å². The van der Waals surface area contributed by atoms with Crippen LogP contribution in [0.2, 0.25) is 0 Å². The first-order chi connectivity index (χ1) is 20.6. The van der Waals surface area contributed by atoms with Crippen molar-refractivity contribution in [1.29, 1.82) is 0 Å². The van der Waals surface area contributed by atoms with Gasteiger partial charge in [-0.3, -0.25) is 0 Å². The average Bonchev–Trinajstić information content (AvgIpc) is 3.27. The average molecular weight is 687 g/mol. The summed E-state index contributed by atoms with van der Waals surface area (Å²) in [5, 5.41) is 0. The van der Waals surface area contributed by atoms with E-state index in [0.29, 0.717) is 5.41 Å². The maximum atomic E-state index is 6.01. The molecule has 2 fully saturated rings.